The summed E-state index contributed by atoms with van der Waals surface area (Å²) >= 11 is 0. The Morgan fingerprint density at radius 2 is 2.00 bits per heavy atom. The highest BCUT2D eigenvalue weighted by Gasteiger charge is 2.20. The highest BCUT2D eigenvalue weighted by molar-refractivity contribution is 5.77. The first-order valence-electron chi connectivity index (χ1n) is 6.93. The number of carbonyl (C=O) groups is 1. The first-order valence-corrected chi connectivity index (χ1v) is 6.93. The Balaban J connectivity index is 1.44. The van der Waals surface area contributed by atoms with Gasteiger partial charge in [-0.15, -0.1) is 0 Å². The highest BCUT2D eigenvalue weighted by Crippen LogP contribution is 2.33. The van der Waals surface area contributed by atoms with Crippen LogP contribution in [0.15, 0.2) is 0 Å². The molecule has 0 aromatic carbocycles. The van der Waals surface area contributed by atoms with E-state index < -0.39 is 0 Å². The van der Waals surface area contributed by atoms with Gasteiger partial charge in [-0.3, -0.25) is 4.79 Å². The van der Waals surface area contributed by atoms with E-state index in [4.69, 9.17) is 4.74 Å². The Morgan fingerprint density at radius 3 is 2.71 bits per heavy atom. The van der Waals surface area contributed by atoms with Gasteiger partial charge in [0.2, 0.25) is 5.91 Å². The first-order chi connectivity index (χ1) is 8.34. The molecule has 4 nitrogen and oxygen atoms in total. The van der Waals surface area contributed by atoms with Crippen LogP contribution in [-0.2, 0) is 9.53 Å². The van der Waals surface area contributed by atoms with Crippen LogP contribution in [0.25, 0.3) is 0 Å². The maximum atomic E-state index is 11.5. The molecule has 0 spiro atoms. The Bertz CT molecular complexity index is 236. The third-order valence-electron chi connectivity index (χ3n) is 3.54. The first kappa shape index (κ1) is 12.8. The fourth-order valence-corrected chi connectivity index (χ4v) is 2.23. The second-order valence-corrected chi connectivity index (χ2v) is 5.20. The average molecular weight is 240 g/mol. The van der Waals surface area contributed by atoms with Crippen LogP contribution >= 0.6 is 0 Å². The predicted molar refractivity (Wildman–Crippen MR) is 66.8 cm³/mol. The fraction of sp³-hybridized carbons (Fsp3) is 0.923. The van der Waals surface area contributed by atoms with Crippen LogP contribution in [0.2, 0.25) is 0 Å². The smallest absolute Gasteiger partial charge is 0.246 e. The van der Waals surface area contributed by atoms with Crippen molar-refractivity contribution in [3.8, 4) is 0 Å². The van der Waals surface area contributed by atoms with E-state index in [-0.39, 0.29) is 18.6 Å². The summed E-state index contributed by atoms with van der Waals surface area (Å²) in [5, 5.41) is 6.21. The van der Waals surface area contributed by atoms with Crippen LogP contribution < -0.4 is 10.6 Å². The number of piperidine rings is 1. The molecule has 1 aliphatic carbocycles. The van der Waals surface area contributed by atoms with Crippen molar-refractivity contribution in [3.63, 3.8) is 0 Å². The van der Waals surface area contributed by atoms with E-state index in [2.05, 4.69) is 10.6 Å². The van der Waals surface area contributed by atoms with E-state index in [0.717, 1.165) is 44.8 Å². The van der Waals surface area contributed by atoms with Crippen molar-refractivity contribution < 1.29 is 9.53 Å². The van der Waals surface area contributed by atoms with Gasteiger partial charge in [-0.1, -0.05) is 12.8 Å². The molecule has 98 valence electrons. The second kappa shape index (κ2) is 6.97. The lowest BCUT2D eigenvalue weighted by Gasteiger charge is -2.22. The fourth-order valence-electron chi connectivity index (χ4n) is 2.23. The molecule has 0 unspecified atom stereocenters. The van der Waals surface area contributed by atoms with E-state index in [0.29, 0.717) is 0 Å². The normalized spacial score (nSPS) is 21.4. The van der Waals surface area contributed by atoms with Gasteiger partial charge in [-0.05, 0) is 44.7 Å². The molecular formula is C13H24N2O2. The molecule has 1 amide bonds. The summed E-state index contributed by atoms with van der Waals surface area (Å²) < 4.78 is 5.58. The Hall–Kier alpha value is -0.610. The lowest BCUT2D eigenvalue weighted by molar-refractivity contribution is -0.128. The summed E-state index contributed by atoms with van der Waals surface area (Å²) in [6.07, 6.45) is 7.50. The third-order valence-corrected chi connectivity index (χ3v) is 3.54. The third kappa shape index (κ3) is 5.50. The molecule has 2 aliphatic rings. The second-order valence-electron chi connectivity index (χ2n) is 5.20. The molecule has 4 heteroatoms. The predicted octanol–water partition coefficient (Wildman–Crippen LogP) is 1.06. The Kier molecular flexibility index (Phi) is 5.26. The SMILES string of the molecule is O=C(COC1CCNCC1)NCCCC1CC1. The molecule has 2 N–H and O–H groups in total. The molecule has 1 heterocycles. The zero-order chi connectivity index (χ0) is 11.9. The summed E-state index contributed by atoms with van der Waals surface area (Å²) in [4.78, 5) is 11.5. The minimum atomic E-state index is 0.0410. The van der Waals surface area contributed by atoms with Crippen molar-refractivity contribution in [1.82, 2.24) is 10.6 Å². The van der Waals surface area contributed by atoms with Gasteiger partial charge in [-0.25, -0.2) is 0 Å². The number of nitrogens with one attached hydrogen (secondary N) is 2. The lowest BCUT2D eigenvalue weighted by Crippen LogP contribution is -2.36. The molecule has 0 bridgehead atoms. The number of hydrogen-bond donors (Lipinski definition) is 2. The van der Waals surface area contributed by atoms with E-state index in [1.165, 1.54) is 19.3 Å². The zero-order valence-electron chi connectivity index (χ0n) is 10.5. The summed E-state index contributed by atoms with van der Waals surface area (Å²) in [6.45, 7) is 3.06. The Morgan fingerprint density at radius 1 is 1.24 bits per heavy atom. The van der Waals surface area contributed by atoms with Gasteiger partial charge in [0.25, 0.3) is 0 Å². The van der Waals surface area contributed by atoms with Crippen LogP contribution in [0, 0.1) is 5.92 Å². The summed E-state index contributed by atoms with van der Waals surface area (Å²) in [5.74, 6) is 0.997. The number of carbonyl (C=O) groups excluding carboxylic acids is 1. The molecule has 0 radical (unpaired) electrons. The zero-order valence-corrected chi connectivity index (χ0v) is 10.5. The van der Waals surface area contributed by atoms with Gasteiger partial charge in [-0.2, -0.15) is 0 Å². The number of rotatable bonds is 7. The minimum Gasteiger partial charge on any atom is -0.368 e. The van der Waals surface area contributed by atoms with E-state index in [9.17, 15) is 4.79 Å². The van der Waals surface area contributed by atoms with Gasteiger partial charge in [0.1, 0.15) is 6.61 Å². The standard InChI is InChI=1S/C13H24N2O2/c16-13(15-7-1-2-11-3-4-11)10-17-12-5-8-14-9-6-12/h11-12,14H,1-10H2,(H,15,16). The molecular weight excluding hydrogens is 216 g/mol. The highest BCUT2D eigenvalue weighted by atomic mass is 16.5. The number of ether oxygens (including phenoxy) is 1. The van der Waals surface area contributed by atoms with Crippen LogP contribution in [0.4, 0.5) is 0 Å². The summed E-state index contributed by atoms with van der Waals surface area (Å²) in [7, 11) is 0. The lowest BCUT2D eigenvalue weighted by atomic mass is 10.1. The van der Waals surface area contributed by atoms with Crippen molar-refractivity contribution in [2.75, 3.05) is 26.2 Å². The molecule has 0 aromatic heterocycles. The number of hydrogen-bond acceptors (Lipinski definition) is 3. The number of amides is 1. The monoisotopic (exact) mass is 240 g/mol. The van der Waals surface area contributed by atoms with Crippen molar-refractivity contribution in [2.24, 2.45) is 5.92 Å². The quantitative estimate of drug-likeness (QED) is 0.654. The van der Waals surface area contributed by atoms with Gasteiger partial charge >= 0.3 is 0 Å². The molecule has 1 saturated heterocycles. The minimum absolute atomic E-state index is 0.0410. The molecule has 17 heavy (non-hydrogen) atoms. The largest absolute Gasteiger partial charge is 0.368 e. The molecule has 0 aromatic rings. The molecule has 2 rings (SSSR count). The molecule has 1 saturated carbocycles. The maximum absolute atomic E-state index is 11.5. The van der Waals surface area contributed by atoms with Crippen LogP contribution in [-0.4, -0.2) is 38.3 Å². The van der Waals surface area contributed by atoms with Gasteiger partial charge in [0.15, 0.2) is 0 Å². The van der Waals surface area contributed by atoms with Crippen LogP contribution in [0.3, 0.4) is 0 Å². The average Bonchev–Trinajstić information content (AvgIpc) is 3.17. The van der Waals surface area contributed by atoms with Gasteiger partial charge in [0.05, 0.1) is 6.10 Å². The van der Waals surface area contributed by atoms with Crippen LogP contribution in [0.1, 0.15) is 38.5 Å². The maximum Gasteiger partial charge on any atom is 0.246 e. The Labute approximate surface area is 103 Å². The molecule has 2 fully saturated rings. The van der Waals surface area contributed by atoms with Crippen molar-refractivity contribution in [1.29, 1.82) is 0 Å². The van der Waals surface area contributed by atoms with E-state index in [1.54, 1.807) is 0 Å². The molecule has 0 atom stereocenters. The van der Waals surface area contributed by atoms with E-state index >= 15 is 0 Å². The van der Waals surface area contributed by atoms with Crippen molar-refractivity contribution in [2.45, 2.75) is 44.6 Å². The van der Waals surface area contributed by atoms with Gasteiger partial charge < -0.3 is 15.4 Å². The summed E-state index contributed by atoms with van der Waals surface area (Å²) in [6, 6.07) is 0. The van der Waals surface area contributed by atoms with Crippen molar-refractivity contribution in [3.05, 3.63) is 0 Å². The molecule has 1 aliphatic heterocycles. The van der Waals surface area contributed by atoms with Crippen molar-refractivity contribution >= 4 is 5.91 Å². The summed E-state index contributed by atoms with van der Waals surface area (Å²) in [5.41, 5.74) is 0. The van der Waals surface area contributed by atoms with E-state index in [1.807, 2.05) is 0 Å². The topological polar surface area (TPSA) is 50.4 Å². The van der Waals surface area contributed by atoms with Gasteiger partial charge in [0, 0.05) is 6.54 Å². The van der Waals surface area contributed by atoms with Crippen LogP contribution in [0.5, 0.6) is 0 Å².